The summed E-state index contributed by atoms with van der Waals surface area (Å²) in [7, 11) is -3.86. The number of aromatic nitrogens is 2. The fourth-order valence-electron chi connectivity index (χ4n) is 3.40. The smallest absolute Gasteiger partial charge is 0.312 e. The number of fused-ring (bicyclic) bond motifs is 1. The molecule has 0 unspecified atom stereocenters. The quantitative estimate of drug-likeness (QED) is 0.363. The molecule has 0 fully saturated rings. The van der Waals surface area contributed by atoms with Gasteiger partial charge >= 0.3 is 5.69 Å². The predicted octanol–water partition coefficient (Wildman–Crippen LogP) is 3.71. The molecule has 3 aromatic rings. The number of hydrogen-bond acceptors (Lipinski definition) is 6. The summed E-state index contributed by atoms with van der Waals surface area (Å²) in [6, 6.07) is 8.14. The van der Waals surface area contributed by atoms with Gasteiger partial charge in [-0.05, 0) is 31.2 Å². The summed E-state index contributed by atoms with van der Waals surface area (Å²) < 4.78 is 48.0. The SMILES string of the molecule is CCN(CC)S(=O)(=O)c1ccc(OCc2nc3c(F)cccc3n2CC)c([N+](=O)[O-])c1. The second kappa shape index (κ2) is 8.98. The lowest BCUT2D eigenvalue weighted by Crippen LogP contribution is -2.30. The summed E-state index contributed by atoms with van der Waals surface area (Å²) in [5.41, 5.74) is 0.313. The van der Waals surface area contributed by atoms with Crippen LogP contribution in [0.15, 0.2) is 41.3 Å². The Hall–Kier alpha value is -3.05. The van der Waals surface area contributed by atoms with E-state index in [9.17, 15) is 22.9 Å². The third-order valence-corrected chi connectivity index (χ3v) is 7.00. The zero-order valence-electron chi connectivity index (χ0n) is 17.4. The molecule has 0 amide bonds. The maximum absolute atomic E-state index is 14.1. The van der Waals surface area contributed by atoms with E-state index in [0.29, 0.717) is 17.9 Å². The van der Waals surface area contributed by atoms with Gasteiger partial charge in [0.2, 0.25) is 10.0 Å². The highest BCUT2D eigenvalue weighted by atomic mass is 32.2. The maximum Gasteiger partial charge on any atom is 0.312 e. The number of imidazole rings is 1. The number of halogens is 1. The molecule has 0 saturated carbocycles. The van der Waals surface area contributed by atoms with Crippen LogP contribution in [0.5, 0.6) is 5.75 Å². The Bertz CT molecular complexity index is 1220. The average molecular weight is 450 g/mol. The number of ether oxygens (including phenoxy) is 1. The van der Waals surface area contributed by atoms with Crippen molar-refractivity contribution < 1.29 is 22.5 Å². The largest absolute Gasteiger partial charge is 0.479 e. The molecule has 3 rings (SSSR count). The topological polar surface area (TPSA) is 108 Å². The summed E-state index contributed by atoms with van der Waals surface area (Å²) in [6.07, 6.45) is 0. The molecule has 0 bridgehead atoms. The number of para-hydroxylation sites is 1. The van der Waals surface area contributed by atoms with Crippen molar-refractivity contribution in [3.63, 3.8) is 0 Å². The van der Waals surface area contributed by atoms with Crippen LogP contribution in [0.2, 0.25) is 0 Å². The zero-order valence-corrected chi connectivity index (χ0v) is 18.2. The van der Waals surface area contributed by atoms with Crippen LogP contribution in [-0.4, -0.2) is 40.3 Å². The molecule has 1 heterocycles. The first-order valence-corrected chi connectivity index (χ1v) is 11.2. The lowest BCUT2D eigenvalue weighted by molar-refractivity contribution is -0.386. The molecule has 0 aliphatic carbocycles. The van der Waals surface area contributed by atoms with Crippen LogP contribution >= 0.6 is 0 Å². The van der Waals surface area contributed by atoms with Gasteiger partial charge in [-0.2, -0.15) is 4.31 Å². The fourth-order valence-corrected chi connectivity index (χ4v) is 4.88. The third kappa shape index (κ3) is 4.23. The van der Waals surface area contributed by atoms with E-state index < -0.39 is 26.5 Å². The monoisotopic (exact) mass is 450 g/mol. The van der Waals surface area contributed by atoms with Crippen LogP contribution in [0.4, 0.5) is 10.1 Å². The zero-order chi connectivity index (χ0) is 22.8. The van der Waals surface area contributed by atoms with Crippen LogP contribution in [-0.2, 0) is 23.2 Å². The van der Waals surface area contributed by atoms with Gasteiger partial charge in [-0.1, -0.05) is 19.9 Å². The Morgan fingerprint density at radius 1 is 1.19 bits per heavy atom. The lowest BCUT2D eigenvalue weighted by Gasteiger charge is -2.18. The maximum atomic E-state index is 14.1. The number of aryl methyl sites for hydroxylation is 1. The molecule has 1 aromatic heterocycles. The van der Waals surface area contributed by atoms with E-state index in [1.165, 1.54) is 22.5 Å². The fraction of sp³-hybridized carbons (Fsp3) is 0.350. The van der Waals surface area contributed by atoms with Crippen molar-refractivity contribution in [1.82, 2.24) is 13.9 Å². The van der Waals surface area contributed by atoms with E-state index in [1.807, 2.05) is 6.92 Å². The molecule has 0 aliphatic heterocycles. The summed E-state index contributed by atoms with van der Waals surface area (Å²) in [6.45, 7) is 6.09. The Balaban J connectivity index is 1.95. The predicted molar refractivity (Wildman–Crippen MR) is 113 cm³/mol. The summed E-state index contributed by atoms with van der Waals surface area (Å²) >= 11 is 0. The van der Waals surface area contributed by atoms with E-state index in [2.05, 4.69) is 4.98 Å². The minimum absolute atomic E-state index is 0.0984. The average Bonchev–Trinajstić information content (AvgIpc) is 3.11. The van der Waals surface area contributed by atoms with E-state index in [-0.39, 0.29) is 35.9 Å². The van der Waals surface area contributed by atoms with E-state index in [0.717, 1.165) is 6.07 Å². The summed E-state index contributed by atoms with van der Waals surface area (Å²) in [4.78, 5) is 15.0. The van der Waals surface area contributed by atoms with Gasteiger partial charge in [0.25, 0.3) is 0 Å². The highest BCUT2D eigenvalue weighted by Crippen LogP contribution is 2.32. The number of benzene rings is 2. The van der Waals surface area contributed by atoms with Gasteiger partial charge in [0.1, 0.15) is 17.9 Å². The lowest BCUT2D eigenvalue weighted by atomic mass is 10.3. The Morgan fingerprint density at radius 2 is 1.90 bits per heavy atom. The Kier molecular flexibility index (Phi) is 6.56. The second-order valence-electron chi connectivity index (χ2n) is 6.64. The number of nitro benzene ring substituents is 1. The number of sulfonamides is 1. The highest BCUT2D eigenvalue weighted by Gasteiger charge is 2.26. The first-order valence-electron chi connectivity index (χ1n) is 9.79. The van der Waals surface area contributed by atoms with E-state index in [1.54, 1.807) is 30.5 Å². The molecule has 0 spiro atoms. The minimum Gasteiger partial charge on any atom is -0.479 e. The molecule has 0 atom stereocenters. The number of hydrogen-bond donors (Lipinski definition) is 0. The van der Waals surface area contributed by atoms with Gasteiger partial charge in [-0.3, -0.25) is 10.1 Å². The summed E-state index contributed by atoms with van der Waals surface area (Å²) in [5, 5.41) is 11.6. The van der Waals surface area contributed by atoms with Gasteiger partial charge in [0, 0.05) is 25.7 Å². The van der Waals surface area contributed by atoms with Crippen molar-refractivity contribution in [3.05, 3.63) is 58.2 Å². The van der Waals surface area contributed by atoms with E-state index in [4.69, 9.17) is 4.74 Å². The molecular formula is C20H23FN4O5S. The van der Waals surface area contributed by atoms with Gasteiger partial charge in [-0.25, -0.2) is 17.8 Å². The van der Waals surface area contributed by atoms with Crippen LogP contribution in [0.3, 0.4) is 0 Å². The molecule has 31 heavy (non-hydrogen) atoms. The number of nitro groups is 1. The molecule has 0 saturated heterocycles. The van der Waals surface area contributed by atoms with Crippen LogP contribution < -0.4 is 4.74 Å². The van der Waals surface area contributed by atoms with Crippen molar-refractivity contribution in [2.45, 2.75) is 38.8 Å². The molecule has 0 aliphatic rings. The Labute approximate surface area is 179 Å². The Morgan fingerprint density at radius 3 is 2.52 bits per heavy atom. The van der Waals surface area contributed by atoms with Gasteiger partial charge in [-0.15, -0.1) is 0 Å². The van der Waals surface area contributed by atoms with Crippen LogP contribution in [0, 0.1) is 15.9 Å². The van der Waals surface area contributed by atoms with E-state index >= 15 is 0 Å². The molecule has 166 valence electrons. The third-order valence-electron chi connectivity index (χ3n) is 4.95. The molecule has 11 heteroatoms. The number of rotatable bonds is 9. The molecule has 0 N–H and O–H groups in total. The first kappa shape index (κ1) is 22.6. The van der Waals surface area contributed by atoms with Crippen molar-refractivity contribution >= 4 is 26.7 Å². The van der Waals surface area contributed by atoms with Crippen LogP contribution in [0.25, 0.3) is 11.0 Å². The second-order valence-corrected chi connectivity index (χ2v) is 8.58. The molecule has 9 nitrogen and oxygen atoms in total. The minimum atomic E-state index is -3.86. The summed E-state index contributed by atoms with van der Waals surface area (Å²) in [5.74, 6) is -0.168. The van der Waals surface area contributed by atoms with Gasteiger partial charge in [0.15, 0.2) is 11.6 Å². The molecular weight excluding hydrogens is 427 g/mol. The van der Waals surface area contributed by atoms with Crippen LogP contribution in [0.1, 0.15) is 26.6 Å². The standard InChI is InChI=1S/C20H23FN4O5S/c1-4-23(5-2)31(28,29)14-10-11-18(17(12-14)25(26)27)30-13-19-22-20-15(21)8-7-9-16(20)24(19)6-3/h7-12H,4-6,13H2,1-3H3. The highest BCUT2D eigenvalue weighted by molar-refractivity contribution is 7.89. The van der Waals surface area contributed by atoms with Gasteiger partial charge < -0.3 is 9.30 Å². The normalized spacial score (nSPS) is 11.9. The van der Waals surface area contributed by atoms with Crippen molar-refractivity contribution in [2.75, 3.05) is 13.1 Å². The first-order chi connectivity index (χ1) is 14.7. The molecule has 0 radical (unpaired) electrons. The van der Waals surface area contributed by atoms with Crippen molar-refractivity contribution in [2.24, 2.45) is 0 Å². The van der Waals surface area contributed by atoms with Gasteiger partial charge in [0.05, 0.1) is 15.3 Å². The number of nitrogens with zero attached hydrogens (tertiary/aromatic N) is 4. The molecule has 2 aromatic carbocycles. The van der Waals surface area contributed by atoms with Crippen molar-refractivity contribution in [1.29, 1.82) is 0 Å². The van der Waals surface area contributed by atoms with Crippen molar-refractivity contribution in [3.8, 4) is 5.75 Å².